The minimum atomic E-state index is -0.327. The van der Waals surface area contributed by atoms with E-state index in [0.717, 1.165) is 11.1 Å². The largest absolute Gasteiger partial charge is 0.347 e. The lowest BCUT2D eigenvalue weighted by molar-refractivity contribution is 0.0745. The number of aryl methyl sites for hydroxylation is 1. The Morgan fingerprint density at radius 2 is 1.83 bits per heavy atom. The van der Waals surface area contributed by atoms with E-state index in [1.54, 1.807) is 21.7 Å². The molecule has 2 amide bonds. The highest BCUT2D eigenvalue weighted by Crippen LogP contribution is 2.17. The first-order chi connectivity index (χ1) is 14.1. The van der Waals surface area contributed by atoms with Crippen molar-refractivity contribution in [2.24, 2.45) is 0 Å². The summed E-state index contributed by atoms with van der Waals surface area (Å²) in [4.78, 5) is 27.1. The van der Waals surface area contributed by atoms with Gasteiger partial charge < -0.3 is 10.2 Å². The second-order valence-electron chi connectivity index (χ2n) is 7.02. The Balaban J connectivity index is 1.48. The predicted octanol–water partition coefficient (Wildman–Crippen LogP) is 3.00. The zero-order valence-electron chi connectivity index (χ0n) is 15.8. The predicted molar refractivity (Wildman–Crippen MR) is 106 cm³/mol. The number of aromatic nitrogens is 2. The Morgan fingerprint density at radius 3 is 2.62 bits per heavy atom. The van der Waals surface area contributed by atoms with E-state index in [1.807, 2.05) is 30.3 Å². The number of carbonyl (C=O) groups excluding carboxylic acids is 2. The van der Waals surface area contributed by atoms with E-state index in [2.05, 4.69) is 10.4 Å². The van der Waals surface area contributed by atoms with Crippen LogP contribution in [0.5, 0.6) is 0 Å². The van der Waals surface area contributed by atoms with Gasteiger partial charge in [0.2, 0.25) is 0 Å². The first-order valence-corrected chi connectivity index (χ1v) is 9.54. The second kappa shape index (κ2) is 8.26. The third kappa shape index (κ3) is 4.34. The molecule has 0 atom stereocenters. The number of carbonyl (C=O) groups is 2. The topological polar surface area (TPSA) is 67.2 Å². The van der Waals surface area contributed by atoms with Gasteiger partial charge in [0.25, 0.3) is 11.8 Å². The van der Waals surface area contributed by atoms with Gasteiger partial charge in [-0.05, 0) is 29.7 Å². The lowest BCUT2D eigenvalue weighted by Crippen LogP contribution is -2.30. The number of fused-ring (bicyclic) bond motifs is 1. The number of nitrogens with zero attached hydrogens (tertiary/aromatic N) is 3. The van der Waals surface area contributed by atoms with E-state index in [0.29, 0.717) is 38.3 Å². The number of halogens is 1. The molecule has 1 N–H and O–H groups in total. The summed E-state index contributed by atoms with van der Waals surface area (Å²) in [5.41, 5.74) is 2.31. The number of rotatable bonds is 5. The summed E-state index contributed by atoms with van der Waals surface area (Å²) in [7, 11) is 0. The van der Waals surface area contributed by atoms with Gasteiger partial charge in [0, 0.05) is 32.2 Å². The van der Waals surface area contributed by atoms with Crippen LogP contribution in [0.15, 0.2) is 60.7 Å². The molecule has 0 saturated carbocycles. The number of benzene rings is 2. The van der Waals surface area contributed by atoms with Gasteiger partial charge in [-0.25, -0.2) is 4.39 Å². The molecule has 1 aromatic heterocycles. The summed E-state index contributed by atoms with van der Waals surface area (Å²) >= 11 is 0. The molecule has 0 radical (unpaired) electrons. The average molecular weight is 392 g/mol. The molecule has 0 spiro atoms. The molecule has 6 nitrogen and oxygen atoms in total. The number of amides is 2. The molecule has 148 valence electrons. The molecule has 1 aliphatic rings. The van der Waals surface area contributed by atoms with Gasteiger partial charge in [-0.1, -0.05) is 42.5 Å². The van der Waals surface area contributed by atoms with E-state index in [-0.39, 0.29) is 23.3 Å². The van der Waals surface area contributed by atoms with Crippen LogP contribution in [0.2, 0.25) is 0 Å². The van der Waals surface area contributed by atoms with Crippen LogP contribution in [0.4, 0.5) is 4.39 Å². The molecular weight excluding hydrogens is 371 g/mol. The molecule has 0 fully saturated rings. The number of nitrogens with one attached hydrogen (secondary N) is 1. The Kier molecular flexibility index (Phi) is 5.37. The normalized spacial score (nSPS) is 13.7. The second-order valence-corrected chi connectivity index (χ2v) is 7.02. The highest BCUT2D eigenvalue weighted by atomic mass is 19.1. The Hall–Kier alpha value is -3.48. The average Bonchev–Trinajstić information content (AvgIpc) is 3.10. The fraction of sp³-hybridized carbons (Fsp3) is 0.227. The molecule has 29 heavy (non-hydrogen) atoms. The van der Waals surface area contributed by atoms with Crippen LogP contribution in [0.3, 0.4) is 0 Å². The van der Waals surface area contributed by atoms with E-state index in [1.165, 1.54) is 18.2 Å². The Bertz CT molecular complexity index is 1030. The molecule has 0 aliphatic carbocycles. The zero-order chi connectivity index (χ0) is 20.2. The van der Waals surface area contributed by atoms with Crippen molar-refractivity contribution in [3.05, 3.63) is 89.0 Å². The molecule has 0 saturated heterocycles. The Labute approximate surface area is 167 Å². The standard InChI is InChI=1S/C22H21FN4O2/c23-18-9-4-8-17(12-18)15-26-10-5-11-27-20(22(26)29)13-19(25-27)21(28)24-14-16-6-2-1-3-7-16/h1-4,6-9,12-13H,5,10-11,14-15H2,(H,24,28). The van der Waals surface area contributed by atoms with Gasteiger partial charge in [0.05, 0.1) is 0 Å². The van der Waals surface area contributed by atoms with Crippen molar-refractivity contribution in [2.45, 2.75) is 26.1 Å². The van der Waals surface area contributed by atoms with Crippen molar-refractivity contribution >= 4 is 11.8 Å². The minimum absolute atomic E-state index is 0.207. The van der Waals surface area contributed by atoms with E-state index in [4.69, 9.17) is 0 Å². The lowest BCUT2D eigenvalue weighted by Gasteiger charge is -2.20. The van der Waals surface area contributed by atoms with Crippen LogP contribution in [-0.4, -0.2) is 33.0 Å². The molecule has 2 aromatic carbocycles. The highest BCUT2D eigenvalue weighted by molar-refractivity contribution is 5.98. The van der Waals surface area contributed by atoms with Gasteiger partial charge in [-0.15, -0.1) is 0 Å². The summed E-state index contributed by atoms with van der Waals surface area (Å²) in [5, 5.41) is 7.16. The van der Waals surface area contributed by atoms with E-state index >= 15 is 0 Å². The maximum Gasteiger partial charge on any atom is 0.272 e. The van der Waals surface area contributed by atoms with Crippen LogP contribution >= 0.6 is 0 Å². The van der Waals surface area contributed by atoms with Crippen LogP contribution in [0.1, 0.15) is 38.5 Å². The fourth-order valence-corrected chi connectivity index (χ4v) is 3.42. The smallest absolute Gasteiger partial charge is 0.272 e. The molecule has 0 unspecified atom stereocenters. The van der Waals surface area contributed by atoms with Gasteiger partial charge in [0.15, 0.2) is 5.69 Å². The molecule has 2 heterocycles. The van der Waals surface area contributed by atoms with Crippen molar-refractivity contribution in [2.75, 3.05) is 6.54 Å². The van der Waals surface area contributed by atoms with E-state index in [9.17, 15) is 14.0 Å². The highest BCUT2D eigenvalue weighted by Gasteiger charge is 2.26. The fourth-order valence-electron chi connectivity index (χ4n) is 3.42. The summed E-state index contributed by atoms with van der Waals surface area (Å²) < 4.78 is 15.1. The molecule has 3 aromatic rings. The van der Waals surface area contributed by atoms with Crippen LogP contribution in [-0.2, 0) is 19.6 Å². The SMILES string of the molecule is O=C(NCc1ccccc1)c1cc2n(n1)CCCN(Cc1cccc(F)c1)C2=O. The summed E-state index contributed by atoms with van der Waals surface area (Å²) in [6.45, 7) is 1.81. The van der Waals surface area contributed by atoms with Crippen molar-refractivity contribution in [1.29, 1.82) is 0 Å². The van der Waals surface area contributed by atoms with Crippen LogP contribution < -0.4 is 5.32 Å². The monoisotopic (exact) mass is 392 g/mol. The summed E-state index contributed by atoms with van der Waals surface area (Å²) in [6.07, 6.45) is 0.709. The quantitative estimate of drug-likeness (QED) is 0.726. The first-order valence-electron chi connectivity index (χ1n) is 9.54. The zero-order valence-corrected chi connectivity index (χ0v) is 15.8. The molecular formula is C22H21FN4O2. The first kappa shape index (κ1) is 18.9. The maximum absolute atomic E-state index is 13.5. The molecule has 0 bridgehead atoms. The number of hydrogen-bond acceptors (Lipinski definition) is 3. The third-order valence-electron chi connectivity index (χ3n) is 4.88. The minimum Gasteiger partial charge on any atom is -0.347 e. The van der Waals surface area contributed by atoms with Crippen molar-refractivity contribution < 1.29 is 14.0 Å². The van der Waals surface area contributed by atoms with E-state index < -0.39 is 0 Å². The third-order valence-corrected chi connectivity index (χ3v) is 4.88. The van der Waals surface area contributed by atoms with Crippen LogP contribution in [0, 0.1) is 5.82 Å². The molecule has 1 aliphatic heterocycles. The summed E-state index contributed by atoms with van der Waals surface area (Å²) in [6, 6.07) is 17.4. The summed E-state index contributed by atoms with van der Waals surface area (Å²) in [5.74, 6) is -0.854. The lowest BCUT2D eigenvalue weighted by atomic mass is 10.2. The van der Waals surface area contributed by atoms with Gasteiger partial charge in [-0.3, -0.25) is 14.3 Å². The van der Waals surface area contributed by atoms with Gasteiger partial charge in [0.1, 0.15) is 11.5 Å². The number of hydrogen-bond donors (Lipinski definition) is 1. The Morgan fingerprint density at radius 1 is 1.03 bits per heavy atom. The van der Waals surface area contributed by atoms with Crippen LogP contribution in [0.25, 0.3) is 0 Å². The maximum atomic E-state index is 13.5. The van der Waals surface area contributed by atoms with Crippen molar-refractivity contribution in [3.8, 4) is 0 Å². The van der Waals surface area contributed by atoms with Gasteiger partial charge in [-0.2, -0.15) is 5.10 Å². The van der Waals surface area contributed by atoms with Crippen molar-refractivity contribution in [1.82, 2.24) is 20.0 Å². The van der Waals surface area contributed by atoms with Gasteiger partial charge >= 0.3 is 0 Å². The molecule has 4 rings (SSSR count). The molecule has 7 heteroatoms. The van der Waals surface area contributed by atoms with Crippen molar-refractivity contribution in [3.63, 3.8) is 0 Å².